The summed E-state index contributed by atoms with van der Waals surface area (Å²) in [6.45, 7) is 3.61. The van der Waals surface area contributed by atoms with Crippen LogP contribution in [-0.4, -0.2) is 23.0 Å². The van der Waals surface area contributed by atoms with E-state index >= 15 is 0 Å². The Labute approximate surface area is 167 Å². The highest BCUT2D eigenvalue weighted by Crippen LogP contribution is 2.29. The van der Waals surface area contributed by atoms with Crippen LogP contribution < -0.4 is 9.92 Å². The normalized spacial score (nSPS) is 11.8. The molecule has 2 aromatic heterocycles. The molecule has 2 heterocycles. The van der Waals surface area contributed by atoms with Crippen molar-refractivity contribution in [2.45, 2.75) is 37.9 Å². The molecule has 0 fully saturated rings. The van der Waals surface area contributed by atoms with E-state index in [0.29, 0.717) is 17.6 Å². The number of imidazole rings is 1. The number of benzene rings is 1. The molecule has 0 saturated heterocycles. The van der Waals surface area contributed by atoms with Gasteiger partial charge in [-0.15, -0.1) is 0 Å². The standard InChI is InChI=1S/C19H20F2N4O3S/c1-12(2)18-19(29(26,27)28-16-8-13(20)7-14(21)9-16)25(17(10-22)24-18)11-15-5-3-4-6-23-15/h3-9,12H,10-11,22H2,1-2H3. The molecule has 10 heteroatoms. The number of nitrogens with two attached hydrogens (primary N) is 1. The monoisotopic (exact) mass is 422 g/mol. The van der Waals surface area contributed by atoms with Crippen LogP contribution in [0.1, 0.15) is 37.0 Å². The van der Waals surface area contributed by atoms with E-state index in [9.17, 15) is 17.2 Å². The van der Waals surface area contributed by atoms with Gasteiger partial charge in [-0.1, -0.05) is 19.9 Å². The molecule has 0 aliphatic rings. The Morgan fingerprint density at radius 1 is 1.17 bits per heavy atom. The third-order valence-electron chi connectivity index (χ3n) is 4.08. The number of rotatable bonds is 7. The van der Waals surface area contributed by atoms with E-state index in [1.165, 1.54) is 4.57 Å². The predicted octanol–water partition coefficient (Wildman–Crippen LogP) is 2.95. The lowest BCUT2D eigenvalue weighted by Crippen LogP contribution is -2.20. The SMILES string of the molecule is CC(C)c1nc(CN)n(Cc2ccccn2)c1S(=O)(=O)Oc1cc(F)cc(F)c1. The van der Waals surface area contributed by atoms with Gasteiger partial charge in [0.1, 0.15) is 23.2 Å². The summed E-state index contributed by atoms with van der Waals surface area (Å²) in [6, 6.07) is 7.44. The first-order valence-corrected chi connectivity index (χ1v) is 10.2. The molecule has 3 aromatic rings. The van der Waals surface area contributed by atoms with Crippen molar-refractivity contribution in [2.75, 3.05) is 0 Å². The molecule has 0 bridgehead atoms. The van der Waals surface area contributed by atoms with Crippen LogP contribution in [0.2, 0.25) is 0 Å². The van der Waals surface area contributed by atoms with Gasteiger partial charge in [0, 0.05) is 24.4 Å². The molecule has 0 aliphatic carbocycles. The fourth-order valence-corrected chi connectivity index (χ4v) is 4.26. The number of hydrogen-bond donors (Lipinski definition) is 1. The number of pyridine rings is 1. The van der Waals surface area contributed by atoms with Crippen molar-refractivity contribution in [3.63, 3.8) is 0 Å². The molecule has 1 aromatic carbocycles. The second kappa shape index (κ2) is 8.26. The van der Waals surface area contributed by atoms with Crippen LogP contribution in [0.15, 0.2) is 47.6 Å². The fourth-order valence-electron chi connectivity index (χ4n) is 2.86. The third-order valence-corrected chi connectivity index (χ3v) is 5.39. The van der Waals surface area contributed by atoms with Crippen LogP contribution in [0, 0.1) is 11.6 Å². The van der Waals surface area contributed by atoms with Crippen LogP contribution in [-0.2, 0) is 23.2 Å². The Morgan fingerprint density at radius 3 is 2.41 bits per heavy atom. The summed E-state index contributed by atoms with van der Waals surface area (Å²) < 4.78 is 59.6. The summed E-state index contributed by atoms with van der Waals surface area (Å²) >= 11 is 0. The maximum atomic E-state index is 13.5. The first-order chi connectivity index (χ1) is 13.7. The van der Waals surface area contributed by atoms with Crippen molar-refractivity contribution in [3.8, 4) is 5.75 Å². The molecular weight excluding hydrogens is 402 g/mol. The smallest absolute Gasteiger partial charge is 0.357 e. The molecule has 0 unspecified atom stereocenters. The van der Waals surface area contributed by atoms with Gasteiger partial charge in [0.05, 0.1) is 24.5 Å². The van der Waals surface area contributed by atoms with E-state index in [4.69, 9.17) is 9.92 Å². The molecule has 2 N–H and O–H groups in total. The van der Waals surface area contributed by atoms with Gasteiger partial charge in [0.2, 0.25) is 0 Å². The van der Waals surface area contributed by atoms with Crippen LogP contribution in [0.3, 0.4) is 0 Å². The first kappa shape index (κ1) is 20.9. The summed E-state index contributed by atoms with van der Waals surface area (Å²) in [5.74, 6) is -2.33. The highest BCUT2D eigenvalue weighted by atomic mass is 32.2. The van der Waals surface area contributed by atoms with Gasteiger partial charge >= 0.3 is 10.1 Å². The van der Waals surface area contributed by atoms with Crippen molar-refractivity contribution in [1.29, 1.82) is 0 Å². The van der Waals surface area contributed by atoms with Gasteiger partial charge in [0.25, 0.3) is 0 Å². The van der Waals surface area contributed by atoms with Gasteiger partial charge in [-0.25, -0.2) is 13.8 Å². The Bertz CT molecular complexity index is 1100. The average molecular weight is 422 g/mol. The topological polar surface area (TPSA) is 100 Å². The van der Waals surface area contributed by atoms with Crippen molar-refractivity contribution >= 4 is 10.1 Å². The summed E-state index contributed by atoms with van der Waals surface area (Å²) in [5.41, 5.74) is 6.62. The number of hydrogen-bond acceptors (Lipinski definition) is 6. The highest BCUT2D eigenvalue weighted by Gasteiger charge is 2.31. The van der Waals surface area contributed by atoms with E-state index in [1.54, 1.807) is 38.2 Å². The van der Waals surface area contributed by atoms with E-state index in [-0.39, 0.29) is 29.7 Å². The van der Waals surface area contributed by atoms with Crippen molar-refractivity contribution in [3.05, 3.63) is 71.4 Å². The molecule has 0 saturated carbocycles. The Hall–Kier alpha value is -2.85. The molecular formula is C19H20F2N4O3S. The quantitative estimate of drug-likeness (QED) is 0.588. The zero-order chi connectivity index (χ0) is 21.2. The molecule has 154 valence electrons. The molecule has 0 spiro atoms. The van der Waals surface area contributed by atoms with Crippen LogP contribution in [0.5, 0.6) is 5.75 Å². The molecule has 0 aliphatic heterocycles. The predicted molar refractivity (Wildman–Crippen MR) is 102 cm³/mol. The summed E-state index contributed by atoms with van der Waals surface area (Å²) in [4.78, 5) is 8.58. The molecule has 29 heavy (non-hydrogen) atoms. The van der Waals surface area contributed by atoms with Crippen LogP contribution >= 0.6 is 0 Å². The summed E-state index contributed by atoms with van der Waals surface area (Å²) in [5, 5.41) is -0.219. The molecule has 3 rings (SSSR count). The first-order valence-electron chi connectivity index (χ1n) is 8.81. The van der Waals surface area contributed by atoms with E-state index < -0.39 is 27.5 Å². The number of aromatic nitrogens is 3. The van der Waals surface area contributed by atoms with E-state index in [1.807, 2.05) is 0 Å². The van der Waals surface area contributed by atoms with E-state index in [2.05, 4.69) is 9.97 Å². The van der Waals surface area contributed by atoms with Crippen LogP contribution in [0.4, 0.5) is 8.78 Å². The summed E-state index contributed by atoms with van der Waals surface area (Å²) in [7, 11) is -4.48. The van der Waals surface area contributed by atoms with Gasteiger partial charge in [-0.3, -0.25) is 4.98 Å². The van der Waals surface area contributed by atoms with Gasteiger partial charge in [-0.05, 0) is 18.1 Å². The second-order valence-electron chi connectivity index (χ2n) is 6.63. The summed E-state index contributed by atoms with van der Waals surface area (Å²) in [6.07, 6.45) is 1.58. The third kappa shape index (κ3) is 4.60. The van der Waals surface area contributed by atoms with Crippen LogP contribution in [0.25, 0.3) is 0 Å². The Kier molecular flexibility index (Phi) is 5.94. The molecule has 0 amide bonds. The minimum atomic E-state index is -4.48. The van der Waals surface area contributed by atoms with Crippen molar-refractivity contribution in [2.24, 2.45) is 5.73 Å². The largest absolute Gasteiger partial charge is 0.378 e. The zero-order valence-corrected chi connectivity index (χ0v) is 16.7. The highest BCUT2D eigenvalue weighted by molar-refractivity contribution is 7.87. The van der Waals surface area contributed by atoms with Gasteiger partial charge in [0.15, 0.2) is 5.03 Å². The minimum Gasteiger partial charge on any atom is -0.378 e. The maximum Gasteiger partial charge on any atom is 0.357 e. The second-order valence-corrected chi connectivity index (χ2v) is 8.09. The zero-order valence-electron chi connectivity index (χ0n) is 15.8. The number of nitrogens with zero attached hydrogens (tertiary/aromatic N) is 3. The lowest BCUT2D eigenvalue weighted by Gasteiger charge is -2.14. The van der Waals surface area contributed by atoms with Gasteiger partial charge < -0.3 is 14.5 Å². The lowest BCUT2D eigenvalue weighted by atomic mass is 10.1. The maximum absolute atomic E-state index is 13.5. The van der Waals surface area contributed by atoms with E-state index in [0.717, 1.165) is 12.1 Å². The molecule has 0 atom stereocenters. The average Bonchev–Trinajstić information content (AvgIpc) is 3.01. The lowest BCUT2D eigenvalue weighted by molar-refractivity contribution is 0.465. The van der Waals surface area contributed by atoms with Crippen molar-refractivity contribution in [1.82, 2.24) is 14.5 Å². The molecule has 7 nitrogen and oxygen atoms in total. The molecule has 0 radical (unpaired) electrons. The Balaban J connectivity index is 2.13. The van der Waals surface area contributed by atoms with Crippen molar-refractivity contribution < 1.29 is 21.4 Å². The fraction of sp³-hybridized carbons (Fsp3) is 0.263. The van der Waals surface area contributed by atoms with Gasteiger partial charge in [-0.2, -0.15) is 8.42 Å². The minimum absolute atomic E-state index is 0.0172. The number of halogens is 2. The Morgan fingerprint density at radius 2 is 1.86 bits per heavy atom.